The number of carbonyl (C=O) groups is 3. The van der Waals surface area contributed by atoms with Gasteiger partial charge < -0.3 is 25.8 Å². The lowest BCUT2D eigenvalue weighted by Crippen LogP contribution is -2.40. The maximum absolute atomic E-state index is 12.9. The van der Waals surface area contributed by atoms with E-state index < -0.39 is 29.6 Å². The quantitative estimate of drug-likeness (QED) is 0.589. The Balaban J connectivity index is 2.26. The van der Waals surface area contributed by atoms with E-state index in [1.54, 1.807) is 46.0 Å². The molecule has 0 heterocycles. The van der Waals surface area contributed by atoms with Gasteiger partial charge in [0.2, 0.25) is 0 Å². The Hall–Kier alpha value is -3.55. The molecule has 8 heteroatoms. The van der Waals surface area contributed by atoms with E-state index in [9.17, 15) is 14.4 Å². The summed E-state index contributed by atoms with van der Waals surface area (Å²) in [6, 6.07) is 11.8. The van der Waals surface area contributed by atoms with Crippen LogP contribution in [0.25, 0.3) is 0 Å². The Morgan fingerprint density at radius 3 is 2.21 bits per heavy atom. The number of nitrogens with one attached hydrogen (secondary N) is 3. The molecule has 0 bridgehead atoms. The monoisotopic (exact) mass is 399 g/mol. The first-order valence-corrected chi connectivity index (χ1v) is 9.00. The molecule has 4 N–H and O–H groups in total. The minimum absolute atomic E-state index is 0.105. The second kappa shape index (κ2) is 9.09. The fraction of sp³-hybridized carbons (Fsp3) is 0.286. The van der Waals surface area contributed by atoms with Gasteiger partial charge in [-0.05, 0) is 62.7 Å². The van der Waals surface area contributed by atoms with Crippen LogP contribution in [0.5, 0.6) is 0 Å². The fourth-order valence-corrected chi connectivity index (χ4v) is 2.51. The molecular formula is C21H25N3O5. The van der Waals surface area contributed by atoms with Gasteiger partial charge in [0, 0.05) is 18.4 Å². The van der Waals surface area contributed by atoms with Gasteiger partial charge in [-0.2, -0.15) is 0 Å². The van der Waals surface area contributed by atoms with Gasteiger partial charge in [0.05, 0.1) is 5.56 Å². The van der Waals surface area contributed by atoms with Crippen molar-refractivity contribution >= 4 is 29.3 Å². The lowest BCUT2D eigenvalue weighted by molar-refractivity contribution is -0.118. The molecule has 2 aromatic rings. The average molecular weight is 399 g/mol. The van der Waals surface area contributed by atoms with Crippen molar-refractivity contribution in [3.8, 4) is 0 Å². The Morgan fingerprint density at radius 2 is 1.66 bits per heavy atom. The normalized spacial score (nSPS) is 11.9. The second-order valence-electron chi connectivity index (χ2n) is 7.33. The smallest absolute Gasteiger partial charge is 0.408 e. The molecule has 2 aromatic carbocycles. The summed E-state index contributed by atoms with van der Waals surface area (Å²) in [6.45, 7) is 5.19. The van der Waals surface area contributed by atoms with Crippen molar-refractivity contribution in [2.24, 2.45) is 0 Å². The highest BCUT2D eigenvalue weighted by atomic mass is 16.6. The molecule has 0 spiro atoms. The third-order valence-electron chi connectivity index (χ3n) is 3.83. The summed E-state index contributed by atoms with van der Waals surface area (Å²) in [4.78, 5) is 36.2. The van der Waals surface area contributed by atoms with Crippen molar-refractivity contribution in [3.05, 3.63) is 59.7 Å². The van der Waals surface area contributed by atoms with E-state index in [0.29, 0.717) is 11.3 Å². The van der Waals surface area contributed by atoms with Crippen molar-refractivity contribution in [1.29, 1.82) is 0 Å². The second-order valence-corrected chi connectivity index (χ2v) is 7.33. The minimum Gasteiger partial charge on any atom is -0.478 e. The van der Waals surface area contributed by atoms with E-state index in [1.165, 1.54) is 24.3 Å². The highest BCUT2D eigenvalue weighted by molar-refractivity contribution is 5.98. The van der Waals surface area contributed by atoms with Crippen molar-refractivity contribution < 1.29 is 24.2 Å². The van der Waals surface area contributed by atoms with E-state index in [2.05, 4.69) is 16.0 Å². The van der Waals surface area contributed by atoms with Gasteiger partial charge >= 0.3 is 12.1 Å². The predicted molar refractivity (Wildman–Crippen MR) is 110 cm³/mol. The van der Waals surface area contributed by atoms with Crippen LogP contribution in [0.3, 0.4) is 0 Å². The van der Waals surface area contributed by atoms with Crippen LogP contribution in [0.1, 0.15) is 42.7 Å². The summed E-state index contributed by atoms with van der Waals surface area (Å²) in [5, 5.41) is 17.3. The third-order valence-corrected chi connectivity index (χ3v) is 3.83. The molecule has 0 aliphatic rings. The lowest BCUT2D eigenvalue weighted by Gasteiger charge is -2.24. The van der Waals surface area contributed by atoms with E-state index in [-0.39, 0.29) is 5.56 Å². The standard InChI is InChI=1S/C21H25N3O5/c1-21(2,3)29-20(28)24-17(14-6-5-7-16(12-14)22-4)18(25)23-15-10-8-13(9-11-15)19(26)27/h5-12,17,22H,1-4H3,(H,23,25)(H,24,28)(H,26,27)/t17-/m0/s1. The maximum Gasteiger partial charge on any atom is 0.408 e. The molecule has 29 heavy (non-hydrogen) atoms. The van der Waals surface area contributed by atoms with Gasteiger partial charge in [-0.1, -0.05) is 12.1 Å². The number of benzene rings is 2. The number of ether oxygens (including phenoxy) is 1. The topological polar surface area (TPSA) is 117 Å². The summed E-state index contributed by atoms with van der Waals surface area (Å²) < 4.78 is 5.28. The van der Waals surface area contributed by atoms with Crippen LogP contribution in [0.2, 0.25) is 0 Å². The number of carbonyl (C=O) groups excluding carboxylic acids is 2. The maximum atomic E-state index is 12.9. The molecule has 154 valence electrons. The summed E-state index contributed by atoms with van der Waals surface area (Å²) in [5.41, 5.74) is 1.12. The van der Waals surface area contributed by atoms with Crippen LogP contribution in [-0.2, 0) is 9.53 Å². The molecule has 8 nitrogen and oxygen atoms in total. The number of aromatic carboxylic acids is 1. The molecule has 0 fully saturated rings. The Morgan fingerprint density at radius 1 is 1.00 bits per heavy atom. The van der Waals surface area contributed by atoms with Gasteiger partial charge in [-0.25, -0.2) is 9.59 Å². The number of hydrogen-bond acceptors (Lipinski definition) is 5. The molecule has 0 aromatic heterocycles. The van der Waals surface area contributed by atoms with Crippen LogP contribution in [-0.4, -0.2) is 35.7 Å². The number of anilines is 2. The summed E-state index contributed by atoms with van der Waals surface area (Å²) in [6.07, 6.45) is -0.728. The number of alkyl carbamates (subject to hydrolysis) is 1. The van der Waals surface area contributed by atoms with Gasteiger partial charge in [-0.15, -0.1) is 0 Å². The fourth-order valence-electron chi connectivity index (χ4n) is 2.51. The van der Waals surface area contributed by atoms with E-state index >= 15 is 0 Å². The van der Waals surface area contributed by atoms with Crippen LogP contribution in [0.15, 0.2) is 48.5 Å². The van der Waals surface area contributed by atoms with Crippen molar-refractivity contribution in [2.75, 3.05) is 17.7 Å². The zero-order chi connectivity index (χ0) is 21.6. The predicted octanol–water partition coefficient (Wildman–Crippen LogP) is 3.63. The Kier molecular flexibility index (Phi) is 6.82. The van der Waals surface area contributed by atoms with Crippen LogP contribution in [0.4, 0.5) is 16.2 Å². The zero-order valence-corrected chi connectivity index (χ0v) is 16.8. The average Bonchev–Trinajstić information content (AvgIpc) is 2.65. The van der Waals surface area contributed by atoms with Crippen LogP contribution in [0, 0.1) is 0 Å². The summed E-state index contributed by atoms with van der Waals surface area (Å²) in [5.74, 6) is -1.55. The molecule has 0 aliphatic heterocycles. The molecule has 0 unspecified atom stereocenters. The highest BCUT2D eigenvalue weighted by Gasteiger charge is 2.26. The molecule has 2 rings (SSSR count). The van der Waals surface area contributed by atoms with E-state index in [1.807, 2.05) is 6.07 Å². The van der Waals surface area contributed by atoms with E-state index in [4.69, 9.17) is 9.84 Å². The molecule has 2 amide bonds. The first-order valence-electron chi connectivity index (χ1n) is 9.00. The first-order chi connectivity index (χ1) is 13.6. The van der Waals surface area contributed by atoms with Crippen molar-refractivity contribution in [1.82, 2.24) is 5.32 Å². The number of carboxylic acids is 1. The lowest BCUT2D eigenvalue weighted by atomic mass is 10.0. The highest BCUT2D eigenvalue weighted by Crippen LogP contribution is 2.21. The molecule has 0 saturated carbocycles. The van der Waals surface area contributed by atoms with Gasteiger partial charge in [0.25, 0.3) is 5.91 Å². The zero-order valence-electron chi connectivity index (χ0n) is 16.8. The number of hydrogen-bond donors (Lipinski definition) is 4. The first kappa shape index (κ1) is 21.7. The molecule has 0 saturated heterocycles. The minimum atomic E-state index is -1.06. The summed E-state index contributed by atoms with van der Waals surface area (Å²) in [7, 11) is 1.75. The van der Waals surface area contributed by atoms with Gasteiger partial charge in [0.15, 0.2) is 0 Å². The Bertz CT molecular complexity index is 888. The number of carboxylic acid groups (broad SMARTS) is 1. The van der Waals surface area contributed by atoms with Crippen LogP contribution < -0.4 is 16.0 Å². The SMILES string of the molecule is CNc1cccc([C@H](NC(=O)OC(C)(C)C)C(=O)Nc2ccc(C(=O)O)cc2)c1. The van der Waals surface area contributed by atoms with Gasteiger partial charge in [0.1, 0.15) is 11.6 Å². The molecule has 1 atom stereocenters. The number of amides is 2. The van der Waals surface area contributed by atoms with Crippen molar-refractivity contribution in [3.63, 3.8) is 0 Å². The van der Waals surface area contributed by atoms with Crippen molar-refractivity contribution in [2.45, 2.75) is 32.4 Å². The van der Waals surface area contributed by atoms with Gasteiger partial charge in [-0.3, -0.25) is 4.79 Å². The third kappa shape index (κ3) is 6.53. The Labute approximate surface area is 169 Å². The number of rotatable bonds is 6. The molecule has 0 radical (unpaired) electrons. The molecular weight excluding hydrogens is 374 g/mol. The molecule has 0 aliphatic carbocycles. The largest absolute Gasteiger partial charge is 0.478 e. The van der Waals surface area contributed by atoms with Crippen LogP contribution >= 0.6 is 0 Å². The summed E-state index contributed by atoms with van der Waals surface area (Å²) >= 11 is 0. The van der Waals surface area contributed by atoms with E-state index in [0.717, 1.165) is 5.69 Å².